The quantitative estimate of drug-likeness (QED) is 0.763. The fourth-order valence-corrected chi connectivity index (χ4v) is 1.47. The van der Waals surface area contributed by atoms with Crippen molar-refractivity contribution in [2.45, 2.75) is 39.3 Å². The van der Waals surface area contributed by atoms with Crippen LogP contribution in [-0.4, -0.2) is 21.7 Å². The molecule has 1 aromatic heterocycles. The van der Waals surface area contributed by atoms with Crippen LogP contribution in [0.2, 0.25) is 0 Å². The van der Waals surface area contributed by atoms with E-state index in [2.05, 4.69) is 10.4 Å². The topological polar surface area (TPSA) is 72.9 Å². The van der Waals surface area contributed by atoms with E-state index in [1.807, 2.05) is 20.9 Å². The second-order valence-corrected chi connectivity index (χ2v) is 3.99. The number of hydrogen-bond donors (Lipinski definition) is 2. The van der Waals surface area contributed by atoms with Crippen LogP contribution >= 0.6 is 0 Å². The van der Waals surface area contributed by atoms with Crippen LogP contribution in [0.25, 0.3) is 0 Å². The first-order valence-corrected chi connectivity index (χ1v) is 5.57. The molecule has 0 bridgehead atoms. The van der Waals surface area contributed by atoms with Gasteiger partial charge in [0.05, 0.1) is 12.2 Å². The van der Waals surface area contributed by atoms with Gasteiger partial charge in [-0.2, -0.15) is 5.10 Å². The van der Waals surface area contributed by atoms with Gasteiger partial charge in [-0.1, -0.05) is 13.3 Å². The van der Waals surface area contributed by atoms with Crippen LogP contribution < -0.4 is 11.1 Å². The van der Waals surface area contributed by atoms with Crippen molar-refractivity contribution < 1.29 is 4.79 Å². The van der Waals surface area contributed by atoms with Gasteiger partial charge in [0, 0.05) is 24.8 Å². The van der Waals surface area contributed by atoms with Crippen LogP contribution in [-0.2, 0) is 18.4 Å². The van der Waals surface area contributed by atoms with Crippen molar-refractivity contribution in [3.05, 3.63) is 17.5 Å². The fraction of sp³-hybridized carbons (Fsp3) is 0.636. The Bertz CT molecular complexity index is 359. The molecule has 0 aliphatic rings. The van der Waals surface area contributed by atoms with Crippen molar-refractivity contribution in [1.29, 1.82) is 0 Å². The molecule has 0 radical (unpaired) electrons. The Morgan fingerprint density at radius 3 is 2.88 bits per heavy atom. The van der Waals surface area contributed by atoms with Crippen molar-refractivity contribution in [2.24, 2.45) is 12.8 Å². The summed E-state index contributed by atoms with van der Waals surface area (Å²) < 4.78 is 1.79. The number of hydrogen-bond acceptors (Lipinski definition) is 3. The molecule has 16 heavy (non-hydrogen) atoms. The lowest BCUT2D eigenvalue weighted by molar-refractivity contribution is -0.122. The summed E-state index contributed by atoms with van der Waals surface area (Å²) in [5, 5.41) is 6.93. The first-order chi connectivity index (χ1) is 7.56. The molecule has 0 fully saturated rings. The van der Waals surface area contributed by atoms with E-state index in [4.69, 9.17) is 5.73 Å². The second kappa shape index (κ2) is 5.65. The van der Waals surface area contributed by atoms with E-state index >= 15 is 0 Å². The molecule has 0 saturated carbocycles. The summed E-state index contributed by atoms with van der Waals surface area (Å²) in [6.45, 7) is 4.48. The highest BCUT2D eigenvalue weighted by Gasteiger charge is 2.12. The zero-order valence-corrected chi connectivity index (χ0v) is 10.2. The number of aryl methyl sites for hydroxylation is 1. The predicted octanol–water partition coefficient (Wildman–Crippen LogP) is 0.472. The molecule has 0 aromatic carbocycles. The fourth-order valence-electron chi connectivity index (χ4n) is 1.47. The zero-order valence-electron chi connectivity index (χ0n) is 10.2. The summed E-state index contributed by atoms with van der Waals surface area (Å²) >= 11 is 0. The minimum absolute atomic E-state index is 0.0925. The molecule has 1 amide bonds. The van der Waals surface area contributed by atoms with Crippen molar-refractivity contribution in [2.75, 3.05) is 0 Å². The Kier molecular flexibility index (Phi) is 4.49. The number of carbonyl (C=O) groups is 1. The van der Waals surface area contributed by atoms with Crippen LogP contribution in [0.1, 0.15) is 31.0 Å². The lowest BCUT2D eigenvalue weighted by Crippen LogP contribution is -2.40. The summed E-state index contributed by atoms with van der Waals surface area (Å²) in [5.41, 5.74) is 7.79. The van der Waals surface area contributed by atoms with Crippen LogP contribution in [0, 0.1) is 6.92 Å². The maximum Gasteiger partial charge on any atom is 0.237 e. The third-order valence-corrected chi connectivity index (χ3v) is 2.73. The van der Waals surface area contributed by atoms with Crippen LogP contribution in [0.15, 0.2) is 6.20 Å². The lowest BCUT2D eigenvalue weighted by atomic mass is 10.1. The first kappa shape index (κ1) is 12.7. The smallest absolute Gasteiger partial charge is 0.237 e. The van der Waals surface area contributed by atoms with Crippen LogP contribution in [0.3, 0.4) is 0 Å². The van der Waals surface area contributed by atoms with Gasteiger partial charge in [-0.15, -0.1) is 0 Å². The summed E-state index contributed by atoms with van der Waals surface area (Å²) in [7, 11) is 1.88. The molecule has 0 aliphatic heterocycles. The molecule has 5 heteroatoms. The van der Waals surface area contributed by atoms with E-state index in [0.717, 1.165) is 24.1 Å². The molecule has 5 nitrogen and oxygen atoms in total. The lowest BCUT2D eigenvalue weighted by Gasteiger charge is -2.10. The average molecular weight is 224 g/mol. The molecule has 1 aromatic rings. The standard InChI is InChI=1S/C11H20N4O/c1-4-5-10(12)11(16)13-6-9-7-14-15(3)8(9)2/h7,10H,4-6,12H2,1-3H3,(H,13,16)/t10-/m1/s1. The Labute approximate surface area is 96.0 Å². The van der Waals surface area contributed by atoms with Crippen LogP contribution in [0.5, 0.6) is 0 Å². The minimum Gasteiger partial charge on any atom is -0.351 e. The highest BCUT2D eigenvalue weighted by atomic mass is 16.2. The molecular formula is C11H20N4O. The molecule has 0 saturated heterocycles. The maximum absolute atomic E-state index is 11.6. The molecule has 3 N–H and O–H groups in total. The number of nitrogens with two attached hydrogens (primary N) is 1. The molecule has 0 spiro atoms. The van der Waals surface area contributed by atoms with E-state index in [-0.39, 0.29) is 5.91 Å². The average Bonchev–Trinajstić information content (AvgIpc) is 2.57. The molecule has 1 rings (SSSR count). The van der Waals surface area contributed by atoms with Crippen molar-refractivity contribution in [1.82, 2.24) is 15.1 Å². The van der Waals surface area contributed by atoms with Gasteiger partial charge in [0.1, 0.15) is 0 Å². The largest absolute Gasteiger partial charge is 0.351 e. The van der Waals surface area contributed by atoms with Gasteiger partial charge in [0.2, 0.25) is 5.91 Å². The third kappa shape index (κ3) is 3.06. The second-order valence-electron chi connectivity index (χ2n) is 3.99. The Morgan fingerprint density at radius 1 is 1.69 bits per heavy atom. The zero-order chi connectivity index (χ0) is 12.1. The molecule has 1 heterocycles. The van der Waals surface area contributed by atoms with Gasteiger partial charge in [0.25, 0.3) is 0 Å². The summed E-state index contributed by atoms with van der Waals surface area (Å²) in [6.07, 6.45) is 3.40. The Hall–Kier alpha value is -1.36. The van der Waals surface area contributed by atoms with Crippen molar-refractivity contribution >= 4 is 5.91 Å². The van der Waals surface area contributed by atoms with Gasteiger partial charge in [-0.05, 0) is 13.3 Å². The van der Waals surface area contributed by atoms with Gasteiger partial charge >= 0.3 is 0 Å². The Balaban J connectivity index is 2.46. The normalized spacial score (nSPS) is 12.5. The van der Waals surface area contributed by atoms with Crippen molar-refractivity contribution in [3.8, 4) is 0 Å². The highest BCUT2D eigenvalue weighted by molar-refractivity contribution is 5.81. The number of carbonyl (C=O) groups excluding carboxylic acids is 1. The summed E-state index contributed by atoms with van der Waals surface area (Å²) in [5.74, 6) is -0.0925. The van der Waals surface area contributed by atoms with Gasteiger partial charge in [0.15, 0.2) is 0 Å². The number of nitrogens with one attached hydrogen (secondary N) is 1. The summed E-state index contributed by atoms with van der Waals surface area (Å²) in [4.78, 5) is 11.6. The number of aromatic nitrogens is 2. The number of amides is 1. The van der Waals surface area contributed by atoms with E-state index in [0.29, 0.717) is 6.54 Å². The third-order valence-electron chi connectivity index (χ3n) is 2.73. The molecule has 1 atom stereocenters. The summed E-state index contributed by atoms with van der Waals surface area (Å²) in [6, 6.07) is -0.401. The van der Waals surface area contributed by atoms with E-state index < -0.39 is 6.04 Å². The minimum atomic E-state index is -0.401. The SMILES string of the molecule is CCC[C@@H](N)C(=O)NCc1cnn(C)c1C. The van der Waals surface area contributed by atoms with Gasteiger partial charge in [-0.25, -0.2) is 0 Å². The Morgan fingerprint density at radius 2 is 2.38 bits per heavy atom. The first-order valence-electron chi connectivity index (χ1n) is 5.57. The maximum atomic E-state index is 11.6. The molecule has 90 valence electrons. The van der Waals surface area contributed by atoms with Crippen molar-refractivity contribution in [3.63, 3.8) is 0 Å². The molecule has 0 aliphatic carbocycles. The van der Waals surface area contributed by atoms with Gasteiger partial charge in [-0.3, -0.25) is 9.48 Å². The monoisotopic (exact) mass is 224 g/mol. The van der Waals surface area contributed by atoms with E-state index in [1.54, 1.807) is 10.9 Å². The van der Waals surface area contributed by atoms with E-state index in [9.17, 15) is 4.79 Å². The van der Waals surface area contributed by atoms with Crippen LogP contribution in [0.4, 0.5) is 0 Å². The highest BCUT2D eigenvalue weighted by Crippen LogP contribution is 2.04. The molecular weight excluding hydrogens is 204 g/mol. The van der Waals surface area contributed by atoms with Gasteiger partial charge < -0.3 is 11.1 Å². The number of nitrogens with zero attached hydrogens (tertiary/aromatic N) is 2. The number of rotatable bonds is 5. The van der Waals surface area contributed by atoms with E-state index in [1.165, 1.54) is 0 Å². The predicted molar refractivity (Wildman–Crippen MR) is 62.7 cm³/mol. The molecule has 0 unspecified atom stereocenters.